The van der Waals surface area contributed by atoms with Crippen LogP contribution in [-0.4, -0.2) is 29.1 Å². The number of hydrogen-bond donors (Lipinski definition) is 0. The first kappa shape index (κ1) is 15.8. The molecule has 1 aliphatic heterocycles. The summed E-state index contributed by atoms with van der Waals surface area (Å²) < 4.78 is 5.38. The highest BCUT2D eigenvalue weighted by Crippen LogP contribution is 2.28. The van der Waals surface area contributed by atoms with Crippen LogP contribution in [0.15, 0.2) is 35.0 Å². The molecule has 1 amide bonds. The average Bonchev–Trinajstić information content (AvgIpc) is 3.04. The zero-order valence-electron chi connectivity index (χ0n) is 14.1. The Labute approximate surface area is 137 Å². The molecule has 2 aromatic rings. The fraction of sp³-hybridized carbons (Fsp3) is 0.474. The molecule has 0 N–H and O–H groups in total. The van der Waals surface area contributed by atoms with Crippen LogP contribution in [0.4, 0.5) is 0 Å². The normalized spacial score (nSPS) is 18.4. The van der Waals surface area contributed by atoms with E-state index in [0.29, 0.717) is 23.2 Å². The van der Waals surface area contributed by atoms with Crippen LogP contribution in [0.1, 0.15) is 42.6 Å². The number of rotatable bonds is 3. The summed E-state index contributed by atoms with van der Waals surface area (Å²) in [5, 5.41) is 3.87. The van der Waals surface area contributed by atoms with E-state index in [9.17, 15) is 4.79 Å². The number of aromatic nitrogens is 1. The maximum Gasteiger partial charge on any atom is 0.259 e. The Hall–Kier alpha value is -2.10. The molecule has 0 unspecified atom stereocenters. The second-order valence-electron chi connectivity index (χ2n) is 6.83. The van der Waals surface area contributed by atoms with Gasteiger partial charge in [-0.1, -0.05) is 48.8 Å². The second-order valence-corrected chi connectivity index (χ2v) is 6.83. The van der Waals surface area contributed by atoms with Gasteiger partial charge in [0.25, 0.3) is 5.91 Å². The van der Waals surface area contributed by atoms with Crippen molar-refractivity contribution in [3.8, 4) is 11.3 Å². The second kappa shape index (κ2) is 6.57. The first-order valence-electron chi connectivity index (χ1n) is 8.37. The smallest absolute Gasteiger partial charge is 0.259 e. The van der Waals surface area contributed by atoms with Gasteiger partial charge in [-0.3, -0.25) is 4.79 Å². The van der Waals surface area contributed by atoms with Gasteiger partial charge in [0.05, 0.1) is 6.20 Å². The van der Waals surface area contributed by atoms with Crippen LogP contribution in [0.5, 0.6) is 0 Å². The number of nitrogens with zero attached hydrogens (tertiary/aromatic N) is 2. The summed E-state index contributed by atoms with van der Waals surface area (Å²) >= 11 is 0. The van der Waals surface area contributed by atoms with Gasteiger partial charge in [-0.2, -0.15) is 0 Å². The van der Waals surface area contributed by atoms with Crippen LogP contribution in [-0.2, 0) is 0 Å². The molecular formula is C19H24N2O2. The molecule has 1 saturated heterocycles. The van der Waals surface area contributed by atoms with Gasteiger partial charge in [0.15, 0.2) is 5.76 Å². The maximum absolute atomic E-state index is 12.9. The van der Waals surface area contributed by atoms with Gasteiger partial charge in [-0.15, -0.1) is 0 Å². The Kier molecular flexibility index (Phi) is 4.51. The standard InChI is InChI=1S/C19H24N2O2/c1-13(2)16-5-4-10-21(12-16)19(22)17-11-20-23-18(17)15-8-6-14(3)7-9-15/h6-9,11,13,16H,4-5,10,12H2,1-3H3/t16-/m1/s1. The largest absolute Gasteiger partial charge is 0.355 e. The third kappa shape index (κ3) is 3.31. The lowest BCUT2D eigenvalue weighted by Crippen LogP contribution is -2.41. The van der Waals surface area contributed by atoms with E-state index in [1.54, 1.807) is 6.20 Å². The molecule has 0 saturated carbocycles. The molecule has 1 aromatic carbocycles. The molecule has 1 aliphatic rings. The van der Waals surface area contributed by atoms with Gasteiger partial charge in [-0.25, -0.2) is 0 Å². The molecule has 1 aromatic heterocycles. The summed E-state index contributed by atoms with van der Waals surface area (Å²) in [6.07, 6.45) is 3.83. The zero-order chi connectivity index (χ0) is 16.4. The molecule has 4 nitrogen and oxygen atoms in total. The van der Waals surface area contributed by atoms with Crippen molar-refractivity contribution < 1.29 is 9.32 Å². The summed E-state index contributed by atoms with van der Waals surface area (Å²) in [6, 6.07) is 7.98. The van der Waals surface area contributed by atoms with Gasteiger partial charge in [0.2, 0.25) is 0 Å². The Morgan fingerprint density at radius 3 is 2.74 bits per heavy atom. The van der Waals surface area contributed by atoms with E-state index in [-0.39, 0.29) is 5.91 Å². The van der Waals surface area contributed by atoms with Gasteiger partial charge < -0.3 is 9.42 Å². The number of piperidine rings is 1. The van der Waals surface area contributed by atoms with Gasteiger partial charge in [-0.05, 0) is 31.6 Å². The fourth-order valence-electron chi connectivity index (χ4n) is 3.21. The van der Waals surface area contributed by atoms with E-state index in [4.69, 9.17) is 4.52 Å². The van der Waals surface area contributed by atoms with E-state index in [0.717, 1.165) is 25.1 Å². The van der Waals surface area contributed by atoms with Crippen LogP contribution in [0.3, 0.4) is 0 Å². The lowest BCUT2D eigenvalue weighted by atomic mass is 9.87. The lowest BCUT2D eigenvalue weighted by Gasteiger charge is -2.34. The highest BCUT2D eigenvalue weighted by molar-refractivity contribution is 5.99. The molecule has 122 valence electrons. The molecule has 1 fully saturated rings. The summed E-state index contributed by atoms with van der Waals surface area (Å²) in [7, 11) is 0. The number of carbonyl (C=O) groups is 1. The van der Waals surface area contributed by atoms with Gasteiger partial charge >= 0.3 is 0 Å². The molecule has 3 rings (SSSR count). The number of likely N-dealkylation sites (tertiary alicyclic amines) is 1. The Morgan fingerprint density at radius 2 is 2.04 bits per heavy atom. The number of amides is 1. The third-order valence-electron chi connectivity index (χ3n) is 4.80. The molecule has 1 atom stereocenters. The van der Waals surface area contributed by atoms with Crippen LogP contribution in [0, 0.1) is 18.8 Å². The minimum absolute atomic E-state index is 0.0344. The first-order chi connectivity index (χ1) is 11.1. The van der Waals surface area contributed by atoms with Crippen molar-refractivity contribution in [3.63, 3.8) is 0 Å². The maximum atomic E-state index is 12.9. The van der Waals surface area contributed by atoms with Crippen LogP contribution in [0.2, 0.25) is 0 Å². The Bertz CT molecular complexity index is 673. The minimum atomic E-state index is 0.0344. The molecule has 23 heavy (non-hydrogen) atoms. The van der Waals surface area contributed by atoms with Crippen LogP contribution < -0.4 is 0 Å². The van der Waals surface area contributed by atoms with Crippen molar-refractivity contribution in [1.82, 2.24) is 10.1 Å². The van der Waals surface area contributed by atoms with Crippen molar-refractivity contribution >= 4 is 5.91 Å². The number of benzene rings is 1. The first-order valence-corrected chi connectivity index (χ1v) is 8.37. The van der Waals surface area contributed by atoms with Crippen molar-refractivity contribution in [2.24, 2.45) is 11.8 Å². The molecular weight excluding hydrogens is 288 g/mol. The number of hydrogen-bond acceptors (Lipinski definition) is 3. The minimum Gasteiger partial charge on any atom is -0.355 e. The number of carbonyl (C=O) groups excluding carboxylic acids is 1. The van der Waals surface area contributed by atoms with E-state index in [1.807, 2.05) is 36.1 Å². The topological polar surface area (TPSA) is 46.3 Å². The van der Waals surface area contributed by atoms with E-state index < -0.39 is 0 Å². The summed E-state index contributed by atoms with van der Waals surface area (Å²) in [5.41, 5.74) is 2.64. The molecule has 2 heterocycles. The quantitative estimate of drug-likeness (QED) is 0.855. The molecule has 0 radical (unpaired) electrons. The predicted octanol–water partition coefficient (Wildman–Crippen LogP) is 4.16. The number of aryl methyl sites for hydroxylation is 1. The van der Waals surface area contributed by atoms with Gasteiger partial charge in [0, 0.05) is 18.7 Å². The highest BCUT2D eigenvalue weighted by Gasteiger charge is 2.29. The summed E-state index contributed by atoms with van der Waals surface area (Å²) in [4.78, 5) is 14.9. The lowest BCUT2D eigenvalue weighted by molar-refractivity contribution is 0.0642. The van der Waals surface area contributed by atoms with Gasteiger partial charge in [0.1, 0.15) is 5.56 Å². The van der Waals surface area contributed by atoms with Crippen LogP contribution in [0.25, 0.3) is 11.3 Å². The predicted molar refractivity (Wildman–Crippen MR) is 90.1 cm³/mol. The molecule has 0 bridgehead atoms. The van der Waals surface area contributed by atoms with Crippen molar-refractivity contribution in [2.45, 2.75) is 33.6 Å². The monoisotopic (exact) mass is 312 g/mol. The highest BCUT2D eigenvalue weighted by atomic mass is 16.5. The Morgan fingerprint density at radius 1 is 1.30 bits per heavy atom. The van der Waals surface area contributed by atoms with Crippen molar-refractivity contribution in [1.29, 1.82) is 0 Å². The summed E-state index contributed by atoms with van der Waals surface area (Å²) in [6.45, 7) is 8.15. The van der Waals surface area contributed by atoms with Crippen LogP contribution >= 0.6 is 0 Å². The van der Waals surface area contributed by atoms with Crippen molar-refractivity contribution in [3.05, 3.63) is 41.6 Å². The fourth-order valence-corrected chi connectivity index (χ4v) is 3.21. The van der Waals surface area contributed by atoms with E-state index in [1.165, 1.54) is 12.0 Å². The third-order valence-corrected chi connectivity index (χ3v) is 4.80. The van der Waals surface area contributed by atoms with E-state index >= 15 is 0 Å². The summed E-state index contributed by atoms with van der Waals surface area (Å²) in [5.74, 6) is 1.79. The average molecular weight is 312 g/mol. The molecule has 0 aliphatic carbocycles. The SMILES string of the molecule is Cc1ccc(-c2oncc2C(=O)N2CCC[C@@H](C(C)C)C2)cc1. The zero-order valence-corrected chi connectivity index (χ0v) is 14.1. The van der Waals surface area contributed by atoms with E-state index in [2.05, 4.69) is 19.0 Å². The van der Waals surface area contributed by atoms with Crippen molar-refractivity contribution in [2.75, 3.05) is 13.1 Å². The Balaban J connectivity index is 1.83. The molecule has 4 heteroatoms. The molecule has 0 spiro atoms.